The molecule has 0 saturated heterocycles. The van der Waals surface area contributed by atoms with Gasteiger partial charge in [0.05, 0.1) is 23.6 Å². The van der Waals surface area contributed by atoms with Gasteiger partial charge in [0.1, 0.15) is 10.4 Å². The van der Waals surface area contributed by atoms with Gasteiger partial charge in [-0.25, -0.2) is 9.97 Å². The molecule has 2 rings (SSSR count). The molecular weight excluding hydrogens is 391 g/mol. The molecule has 100 valence electrons. The average molecular weight is 397 g/mol. The zero-order valence-electron chi connectivity index (χ0n) is 9.17. The minimum absolute atomic E-state index is 0.270. The van der Waals surface area contributed by atoms with E-state index in [1.165, 1.54) is 18.5 Å². The molecule has 0 unspecified atom stereocenters. The third kappa shape index (κ3) is 3.66. The molecule has 0 atom stereocenters. The molecule has 0 radical (unpaired) electrons. The maximum Gasteiger partial charge on any atom is 0.416 e. The zero-order chi connectivity index (χ0) is 14.0. The lowest BCUT2D eigenvalue weighted by Gasteiger charge is -2.11. The molecule has 2 aromatic rings. The van der Waals surface area contributed by atoms with E-state index in [1.54, 1.807) is 0 Å². The Labute approximate surface area is 123 Å². The highest BCUT2D eigenvalue weighted by molar-refractivity contribution is 9.10. The monoisotopic (exact) mass is 395 g/mol. The Balaban J connectivity index is 2.31. The van der Waals surface area contributed by atoms with Crippen molar-refractivity contribution >= 4 is 43.4 Å². The Morgan fingerprint density at radius 1 is 1.05 bits per heavy atom. The summed E-state index contributed by atoms with van der Waals surface area (Å²) in [4.78, 5) is 7.91. The highest BCUT2D eigenvalue weighted by Crippen LogP contribution is 2.34. The van der Waals surface area contributed by atoms with E-state index in [0.717, 1.165) is 12.1 Å². The number of hydrogen-bond donors (Lipinski definition) is 1. The van der Waals surface area contributed by atoms with Gasteiger partial charge in [-0.15, -0.1) is 0 Å². The van der Waals surface area contributed by atoms with Crippen LogP contribution < -0.4 is 5.32 Å². The predicted octanol–water partition coefficient (Wildman–Crippen LogP) is 4.76. The fraction of sp³-hybridized carbons (Fsp3) is 0.0909. The van der Waals surface area contributed by atoms with Gasteiger partial charge in [0.25, 0.3) is 0 Å². The van der Waals surface area contributed by atoms with Crippen LogP contribution in [0.3, 0.4) is 0 Å². The number of rotatable bonds is 2. The molecule has 1 heterocycles. The molecule has 1 N–H and O–H groups in total. The van der Waals surface area contributed by atoms with Crippen molar-refractivity contribution in [2.24, 2.45) is 0 Å². The van der Waals surface area contributed by atoms with Crippen LogP contribution in [0.1, 0.15) is 5.56 Å². The number of anilines is 2. The first-order chi connectivity index (χ1) is 8.86. The van der Waals surface area contributed by atoms with Crippen molar-refractivity contribution in [3.8, 4) is 0 Å². The van der Waals surface area contributed by atoms with Crippen LogP contribution >= 0.6 is 31.9 Å². The quantitative estimate of drug-likeness (QED) is 0.794. The molecule has 0 spiro atoms. The van der Waals surface area contributed by atoms with Gasteiger partial charge in [0, 0.05) is 4.47 Å². The van der Waals surface area contributed by atoms with Crippen LogP contribution in [0.5, 0.6) is 0 Å². The number of nitrogens with one attached hydrogen (secondary N) is 1. The van der Waals surface area contributed by atoms with Gasteiger partial charge in [-0.2, -0.15) is 13.2 Å². The van der Waals surface area contributed by atoms with Gasteiger partial charge in [-0.05, 0) is 50.1 Å². The van der Waals surface area contributed by atoms with Gasteiger partial charge in [-0.3, -0.25) is 0 Å². The van der Waals surface area contributed by atoms with Crippen molar-refractivity contribution in [2.75, 3.05) is 5.32 Å². The maximum absolute atomic E-state index is 12.6. The van der Waals surface area contributed by atoms with Crippen molar-refractivity contribution in [1.29, 1.82) is 0 Å². The van der Waals surface area contributed by atoms with Crippen LogP contribution in [0.15, 0.2) is 39.7 Å². The SMILES string of the molecule is FC(F)(F)c1ccc(Br)c(Nc2cnc(Br)cn2)c1. The normalized spacial score (nSPS) is 11.4. The summed E-state index contributed by atoms with van der Waals surface area (Å²) in [5.41, 5.74) is -0.463. The van der Waals surface area contributed by atoms with Crippen LogP contribution in [0.4, 0.5) is 24.7 Å². The Hall–Kier alpha value is -1.15. The molecule has 0 bridgehead atoms. The average Bonchev–Trinajstić information content (AvgIpc) is 2.33. The highest BCUT2D eigenvalue weighted by Gasteiger charge is 2.30. The van der Waals surface area contributed by atoms with Gasteiger partial charge in [-0.1, -0.05) is 0 Å². The van der Waals surface area contributed by atoms with Crippen LogP contribution in [0, 0.1) is 0 Å². The number of aromatic nitrogens is 2. The van der Waals surface area contributed by atoms with E-state index in [9.17, 15) is 13.2 Å². The molecule has 1 aromatic carbocycles. The molecule has 0 saturated carbocycles. The number of alkyl halides is 3. The maximum atomic E-state index is 12.6. The van der Waals surface area contributed by atoms with Crippen molar-refractivity contribution in [1.82, 2.24) is 9.97 Å². The lowest BCUT2D eigenvalue weighted by molar-refractivity contribution is -0.137. The molecular formula is C11H6Br2F3N3. The number of benzene rings is 1. The standard InChI is InChI=1S/C11H6Br2F3N3/c12-7-2-1-6(11(14,15)16)3-8(7)19-10-5-17-9(13)4-18-10/h1-5H,(H,18,19). The molecule has 0 aliphatic heterocycles. The summed E-state index contributed by atoms with van der Waals surface area (Å²) in [5, 5.41) is 2.77. The molecule has 0 amide bonds. The fourth-order valence-corrected chi connectivity index (χ4v) is 1.86. The van der Waals surface area contributed by atoms with E-state index >= 15 is 0 Å². The van der Waals surface area contributed by atoms with Gasteiger partial charge in [0.15, 0.2) is 0 Å². The second-order valence-corrected chi connectivity index (χ2v) is 5.21. The molecule has 0 fully saturated rings. The number of nitrogens with zero attached hydrogens (tertiary/aromatic N) is 2. The topological polar surface area (TPSA) is 37.8 Å². The summed E-state index contributed by atoms with van der Waals surface area (Å²) < 4.78 is 38.9. The van der Waals surface area contributed by atoms with Crippen LogP contribution in [0.25, 0.3) is 0 Å². The summed E-state index contributed by atoms with van der Waals surface area (Å²) in [6.07, 6.45) is -1.52. The fourth-order valence-electron chi connectivity index (χ4n) is 1.31. The molecule has 8 heteroatoms. The first-order valence-corrected chi connectivity index (χ1v) is 6.56. The van der Waals surface area contributed by atoms with E-state index in [0.29, 0.717) is 14.9 Å². The second kappa shape index (κ2) is 5.46. The van der Waals surface area contributed by atoms with Gasteiger partial charge >= 0.3 is 6.18 Å². The molecule has 1 aromatic heterocycles. The van der Waals surface area contributed by atoms with Gasteiger partial charge in [0.2, 0.25) is 0 Å². The minimum atomic E-state index is -4.39. The smallest absolute Gasteiger partial charge is 0.338 e. The Bertz CT molecular complexity index is 585. The Kier molecular flexibility index (Phi) is 4.10. The number of hydrogen-bond acceptors (Lipinski definition) is 3. The molecule has 3 nitrogen and oxygen atoms in total. The van der Waals surface area contributed by atoms with Crippen molar-refractivity contribution < 1.29 is 13.2 Å². The van der Waals surface area contributed by atoms with Crippen molar-refractivity contribution in [2.45, 2.75) is 6.18 Å². The highest BCUT2D eigenvalue weighted by atomic mass is 79.9. The van der Waals surface area contributed by atoms with E-state index in [1.807, 2.05) is 0 Å². The number of halogens is 5. The van der Waals surface area contributed by atoms with Crippen molar-refractivity contribution in [3.63, 3.8) is 0 Å². The summed E-state index contributed by atoms with van der Waals surface area (Å²) in [7, 11) is 0. The van der Waals surface area contributed by atoms with E-state index < -0.39 is 11.7 Å². The minimum Gasteiger partial charge on any atom is -0.338 e. The van der Waals surface area contributed by atoms with E-state index in [-0.39, 0.29) is 5.69 Å². The van der Waals surface area contributed by atoms with E-state index in [4.69, 9.17) is 0 Å². The first kappa shape index (κ1) is 14.3. The Morgan fingerprint density at radius 2 is 1.79 bits per heavy atom. The van der Waals surface area contributed by atoms with Crippen LogP contribution in [-0.2, 0) is 6.18 Å². The van der Waals surface area contributed by atoms with Crippen molar-refractivity contribution in [3.05, 3.63) is 45.2 Å². The van der Waals surface area contributed by atoms with E-state index in [2.05, 4.69) is 47.1 Å². The summed E-state index contributed by atoms with van der Waals surface area (Å²) in [5.74, 6) is 0.350. The second-order valence-electron chi connectivity index (χ2n) is 3.54. The largest absolute Gasteiger partial charge is 0.416 e. The van der Waals surface area contributed by atoms with Gasteiger partial charge < -0.3 is 5.32 Å². The lowest BCUT2D eigenvalue weighted by Crippen LogP contribution is -2.06. The first-order valence-electron chi connectivity index (χ1n) is 4.97. The predicted molar refractivity (Wildman–Crippen MR) is 72.2 cm³/mol. The molecule has 19 heavy (non-hydrogen) atoms. The Morgan fingerprint density at radius 3 is 2.37 bits per heavy atom. The molecule has 0 aliphatic rings. The molecule has 0 aliphatic carbocycles. The summed E-state index contributed by atoms with van der Waals surface area (Å²) in [6.45, 7) is 0. The third-order valence-electron chi connectivity index (χ3n) is 2.18. The third-order valence-corrected chi connectivity index (χ3v) is 3.28. The van der Waals surface area contributed by atoms with Crippen LogP contribution in [-0.4, -0.2) is 9.97 Å². The summed E-state index contributed by atoms with van der Waals surface area (Å²) in [6, 6.07) is 3.34. The zero-order valence-corrected chi connectivity index (χ0v) is 12.3. The lowest BCUT2D eigenvalue weighted by atomic mass is 10.2. The summed E-state index contributed by atoms with van der Waals surface area (Å²) >= 11 is 6.31. The van der Waals surface area contributed by atoms with Crippen LogP contribution in [0.2, 0.25) is 0 Å².